The van der Waals surface area contributed by atoms with Gasteiger partial charge in [0, 0.05) is 39.5 Å². The van der Waals surface area contributed by atoms with E-state index in [0.717, 1.165) is 6.42 Å². The molecule has 0 spiro atoms. The van der Waals surface area contributed by atoms with Crippen LogP contribution in [0.4, 0.5) is 0 Å². The Kier molecular flexibility index (Phi) is 24.0. The summed E-state index contributed by atoms with van der Waals surface area (Å²) in [6.07, 6.45) is 0.715. The van der Waals surface area contributed by atoms with Crippen LogP contribution in [0.3, 0.4) is 0 Å². The molecule has 94 valence electrons. The van der Waals surface area contributed by atoms with E-state index in [9.17, 15) is 0 Å². The summed E-state index contributed by atoms with van der Waals surface area (Å²) in [5.41, 5.74) is 5.58. The molecule has 0 bridgehead atoms. The van der Waals surface area contributed by atoms with Gasteiger partial charge in [-0.2, -0.15) is 0 Å². The second-order valence-corrected chi connectivity index (χ2v) is 4.53. The van der Waals surface area contributed by atoms with E-state index >= 15 is 0 Å². The number of hydrogen-bond donors (Lipinski definition) is 3. The molecule has 15 heavy (non-hydrogen) atoms. The van der Waals surface area contributed by atoms with Gasteiger partial charge in [-0.25, -0.2) is 0 Å². The summed E-state index contributed by atoms with van der Waals surface area (Å²) < 4.78 is 0. The molecule has 0 fully saturated rings. The first-order valence-corrected chi connectivity index (χ1v) is 5.18. The molecule has 3 nitrogen and oxygen atoms in total. The molecule has 0 aromatic carbocycles. The van der Waals surface area contributed by atoms with Crippen LogP contribution in [0.15, 0.2) is 0 Å². The second kappa shape index (κ2) is 14.6. The minimum absolute atomic E-state index is 0. The zero-order chi connectivity index (χ0) is 12.4. The molecule has 0 aliphatic rings. The Balaban J connectivity index is -0.0000000606. The van der Waals surface area contributed by atoms with Crippen molar-refractivity contribution in [3.8, 4) is 0 Å². The van der Waals surface area contributed by atoms with Crippen LogP contribution in [0.5, 0.6) is 0 Å². The second-order valence-electron chi connectivity index (χ2n) is 4.53. The van der Waals surface area contributed by atoms with Crippen LogP contribution in [0.2, 0.25) is 0 Å². The molecule has 0 radical (unpaired) electrons. The van der Waals surface area contributed by atoms with Crippen molar-refractivity contribution in [2.24, 2.45) is 5.73 Å². The summed E-state index contributed by atoms with van der Waals surface area (Å²) in [7, 11) is 0. The number of aliphatic hydroxyl groups is 2. The monoisotopic (exact) mass is 255 g/mol. The molecule has 0 aliphatic carbocycles. The zero-order valence-corrected chi connectivity index (χ0v) is 12.9. The van der Waals surface area contributed by atoms with E-state index in [1.54, 1.807) is 27.7 Å². The normalized spacial score (nSPS) is 9.60. The molecule has 0 atom stereocenters. The molecule has 4 heteroatoms. The van der Waals surface area contributed by atoms with Crippen LogP contribution < -0.4 is 5.73 Å². The fraction of sp³-hybridized carbons (Fsp3) is 1.00. The first-order valence-electron chi connectivity index (χ1n) is 5.18. The summed E-state index contributed by atoms with van der Waals surface area (Å²) in [5.74, 6) is 0. The van der Waals surface area contributed by atoms with E-state index in [2.05, 4.69) is 6.92 Å². The van der Waals surface area contributed by atoms with Crippen molar-refractivity contribution in [1.29, 1.82) is 0 Å². The first kappa shape index (κ1) is 24.7. The van der Waals surface area contributed by atoms with Crippen LogP contribution >= 0.6 is 0 Å². The Hall–Kier alpha value is 0.594. The van der Waals surface area contributed by atoms with Gasteiger partial charge < -0.3 is 15.9 Å². The van der Waals surface area contributed by atoms with E-state index in [0.29, 0.717) is 0 Å². The Morgan fingerprint density at radius 3 is 1.07 bits per heavy atom. The largest absolute Gasteiger partial charge is 0.394 e. The van der Waals surface area contributed by atoms with Crippen LogP contribution in [0.1, 0.15) is 54.9 Å². The third kappa shape index (κ3) is 179. The van der Waals surface area contributed by atoms with Crippen molar-refractivity contribution in [2.75, 3.05) is 0 Å². The Labute approximate surface area is 110 Å². The smallest absolute Gasteiger partial charge is 0.0483 e. The van der Waals surface area contributed by atoms with Gasteiger partial charge in [0.15, 0.2) is 0 Å². The molecule has 0 aliphatic heterocycles. The van der Waals surface area contributed by atoms with Gasteiger partial charge in [-0.15, -0.1) is 0 Å². The number of hydrogen-bond acceptors (Lipinski definition) is 3. The van der Waals surface area contributed by atoms with E-state index in [-0.39, 0.29) is 39.5 Å². The molecule has 0 saturated carbocycles. The van der Waals surface area contributed by atoms with Crippen molar-refractivity contribution < 1.29 is 31.9 Å². The average molecular weight is 255 g/mol. The molecule has 0 unspecified atom stereocenters. The molecule has 0 aromatic heterocycles. The summed E-state index contributed by atoms with van der Waals surface area (Å²) in [6.45, 7) is 13.0. The Morgan fingerprint density at radius 2 is 1.07 bits per heavy atom. The van der Waals surface area contributed by atoms with E-state index < -0.39 is 0 Å². The standard InChI is InChI=1S/C5H13N.2C3H8O.Ti/c1-4-5(2,3)6;2*1-3(2)4;/h4,6H2,1-3H3;2*3-4H,1-2H3;. The minimum Gasteiger partial charge on any atom is -0.394 e. The number of rotatable bonds is 1. The van der Waals surface area contributed by atoms with E-state index in [1.165, 1.54) is 0 Å². The van der Waals surface area contributed by atoms with Gasteiger partial charge in [0.05, 0.1) is 0 Å². The van der Waals surface area contributed by atoms with Gasteiger partial charge in [-0.3, -0.25) is 0 Å². The van der Waals surface area contributed by atoms with Gasteiger partial charge in [0.2, 0.25) is 0 Å². The van der Waals surface area contributed by atoms with Gasteiger partial charge in [-0.1, -0.05) is 6.92 Å². The number of nitrogens with two attached hydrogens (primary N) is 1. The van der Waals surface area contributed by atoms with Crippen molar-refractivity contribution in [3.63, 3.8) is 0 Å². The number of aliphatic hydroxyl groups excluding tert-OH is 2. The molecule has 0 amide bonds. The van der Waals surface area contributed by atoms with Crippen molar-refractivity contribution in [3.05, 3.63) is 0 Å². The average Bonchev–Trinajstić information content (AvgIpc) is 1.83. The third-order valence-corrected chi connectivity index (χ3v) is 0.911. The molecular formula is C11H29NO2Ti. The van der Waals surface area contributed by atoms with Gasteiger partial charge >= 0.3 is 0 Å². The first-order chi connectivity index (χ1) is 6.02. The quantitative estimate of drug-likeness (QED) is 0.627. The molecule has 4 N–H and O–H groups in total. The zero-order valence-electron chi connectivity index (χ0n) is 11.3. The van der Waals surface area contributed by atoms with Crippen LogP contribution in [-0.4, -0.2) is 28.0 Å². The maximum atomic E-state index is 8.06. The summed E-state index contributed by atoms with van der Waals surface area (Å²) in [6, 6.07) is 0. The minimum atomic E-state index is -0.167. The Morgan fingerprint density at radius 1 is 1.00 bits per heavy atom. The van der Waals surface area contributed by atoms with Gasteiger partial charge in [0.25, 0.3) is 0 Å². The predicted octanol–water partition coefficient (Wildman–Crippen LogP) is 1.91. The van der Waals surface area contributed by atoms with Crippen molar-refractivity contribution in [2.45, 2.75) is 72.6 Å². The molecule has 0 aromatic rings. The maximum Gasteiger partial charge on any atom is 0.0483 e. The van der Waals surface area contributed by atoms with Gasteiger partial charge in [-0.05, 0) is 48.0 Å². The summed E-state index contributed by atoms with van der Waals surface area (Å²) in [5, 5.41) is 16.1. The molecular weight excluding hydrogens is 226 g/mol. The van der Waals surface area contributed by atoms with Crippen LogP contribution in [-0.2, 0) is 21.7 Å². The fourth-order valence-electron chi connectivity index (χ4n) is 0. The van der Waals surface area contributed by atoms with E-state index in [4.69, 9.17) is 15.9 Å². The third-order valence-electron chi connectivity index (χ3n) is 0.911. The summed E-state index contributed by atoms with van der Waals surface area (Å²) >= 11 is 0. The van der Waals surface area contributed by atoms with Crippen molar-refractivity contribution >= 4 is 0 Å². The Bertz CT molecular complexity index is 89.7. The molecule has 0 saturated heterocycles. The van der Waals surface area contributed by atoms with Crippen LogP contribution in [0.25, 0.3) is 0 Å². The SMILES string of the molecule is CC(C)O.CC(C)O.CCC(C)(C)N.[Ti]. The summed E-state index contributed by atoms with van der Waals surface area (Å²) in [4.78, 5) is 0. The van der Waals surface area contributed by atoms with Crippen LogP contribution in [0, 0.1) is 0 Å². The maximum absolute atomic E-state index is 8.06. The van der Waals surface area contributed by atoms with Crippen molar-refractivity contribution in [1.82, 2.24) is 0 Å². The van der Waals surface area contributed by atoms with E-state index in [1.807, 2.05) is 13.8 Å². The molecule has 0 heterocycles. The predicted molar refractivity (Wildman–Crippen MR) is 63.3 cm³/mol. The molecule has 0 rings (SSSR count). The topological polar surface area (TPSA) is 66.5 Å². The fourth-order valence-corrected chi connectivity index (χ4v) is 0. The van der Waals surface area contributed by atoms with Gasteiger partial charge in [0.1, 0.15) is 0 Å².